The zero-order valence-electron chi connectivity index (χ0n) is 28.9. The first-order valence-electron chi connectivity index (χ1n) is 16.6. The van der Waals surface area contributed by atoms with Crippen LogP contribution in [0.5, 0.6) is 0 Å². The highest BCUT2D eigenvalue weighted by molar-refractivity contribution is 5.78. The Morgan fingerprint density at radius 1 is 0.654 bits per heavy atom. The van der Waals surface area contributed by atoms with Crippen LogP contribution in [0.1, 0.15) is 86.5 Å². The molecule has 0 aromatic rings. The summed E-state index contributed by atoms with van der Waals surface area (Å²) < 4.78 is 176. The molecular formula is C32H42F12O8. The highest BCUT2D eigenvalue weighted by Crippen LogP contribution is 2.58. The van der Waals surface area contributed by atoms with Crippen molar-refractivity contribution in [1.29, 1.82) is 0 Å². The van der Waals surface area contributed by atoms with Crippen LogP contribution in [-0.2, 0) is 28.6 Å². The van der Waals surface area contributed by atoms with Crippen LogP contribution >= 0.6 is 0 Å². The molecule has 302 valence electrons. The van der Waals surface area contributed by atoms with Crippen molar-refractivity contribution in [1.82, 2.24) is 0 Å². The molecule has 8 nitrogen and oxygen atoms in total. The van der Waals surface area contributed by atoms with E-state index >= 15 is 0 Å². The van der Waals surface area contributed by atoms with Crippen molar-refractivity contribution in [3.63, 3.8) is 0 Å². The average molecular weight is 783 g/mol. The van der Waals surface area contributed by atoms with E-state index in [0.717, 1.165) is 19.3 Å². The molecule has 2 bridgehead atoms. The second-order valence-corrected chi connectivity index (χ2v) is 15.4. The molecule has 4 fully saturated rings. The zero-order valence-corrected chi connectivity index (χ0v) is 28.9. The van der Waals surface area contributed by atoms with Crippen molar-refractivity contribution in [3.05, 3.63) is 0 Å². The van der Waals surface area contributed by atoms with Gasteiger partial charge < -0.3 is 24.4 Å². The van der Waals surface area contributed by atoms with Crippen LogP contribution in [0.25, 0.3) is 0 Å². The van der Waals surface area contributed by atoms with Gasteiger partial charge in [0.25, 0.3) is 11.2 Å². The Hall–Kier alpha value is -2.51. The smallest absolute Gasteiger partial charge is 0.426 e. The van der Waals surface area contributed by atoms with Gasteiger partial charge >= 0.3 is 42.6 Å². The predicted octanol–water partition coefficient (Wildman–Crippen LogP) is 7.38. The molecule has 7 atom stereocenters. The minimum absolute atomic E-state index is 0.0184. The fraction of sp³-hybridized carbons (Fsp3) is 0.906. The number of aliphatic hydroxyl groups is 2. The van der Waals surface area contributed by atoms with E-state index in [1.807, 2.05) is 20.8 Å². The van der Waals surface area contributed by atoms with Crippen LogP contribution < -0.4 is 0 Å². The highest BCUT2D eigenvalue weighted by atomic mass is 19.4. The minimum atomic E-state index is -6.58. The molecule has 1 aliphatic heterocycles. The number of alkyl halides is 12. The number of carbonyl (C=O) groups is 3. The fourth-order valence-electron chi connectivity index (χ4n) is 7.24. The van der Waals surface area contributed by atoms with E-state index in [1.165, 1.54) is 20.8 Å². The number of hydrogen-bond acceptors (Lipinski definition) is 8. The van der Waals surface area contributed by atoms with Gasteiger partial charge in [-0.25, -0.2) is 0 Å². The number of halogens is 12. The van der Waals surface area contributed by atoms with E-state index in [9.17, 15) is 77.3 Å². The van der Waals surface area contributed by atoms with Gasteiger partial charge in [0.2, 0.25) is 0 Å². The van der Waals surface area contributed by atoms with E-state index in [4.69, 9.17) is 14.2 Å². The number of esters is 3. The van der Waals surface area contributed by atoms with Crippen LogP contribution in [0, 0.1) is 40.4 Å². The topological polar surface area (TPSA) is 119 Å². The normalized spacial score (nSPS) is 30.0. The number of fused-ring (bicyclic) bond motifs is 1. The number of carbonyl (C=O) groups excluding carboxylic acids is 3. The van der Waals surface area contributed by atoms with Gasteiger partial charge in [0, 0.05) is 23.7 Å². The third-order valence-electron chi connectivity index (χ3n) is 11.4. The Kier molecular flexibility index (Phi) is 11.8. The summed E-state index contributed by atoms with van der Waals surface area (Å²) in [6.45, 7) is 9.59. The Morgan fingerprint density at radius 3 is 1.40 bits per heavy atom. The summed E-state index contributed by atoms with van der Waals surface area (Å²) in [7, 11) is 0. The maximum Gasteiger partial charge on any atom is 0.426 e. The third kappa shape index (κ3) is 7.70. The molecule has 0 radical (unpaired) electrons. The molecule has 4 rings (SSSR count). The average Bonchev–Trinajstić information content (AvgIpc) is 3.63. The molecule has 0 spiro atoms. The quantitative estimate of drug-likeness (QED) is 0.149. The van der Waals surface area contributed by atoms with Gasteiger partial charge in [-0.2, -0.15) is 52.7 Å². The summed E-state index contributed by atoms with van der Waals surface area (Å²) in [6.07, 6.45) is -31.8. The van der Waals surface area contributed by atoms with Gasteiger partial charge in [0.15, 0.2) is 0 Å². The fourth-order valence-corrected chi connectivity index (χ4v) is 7.24. The minimum Gasteiger partial charge on any atom is -0.462 e. The van der Waals surface area contributed by atoms with Crippen molar-refractivity contribution in [3.8, 4) is 0 Å². The first-order chi connectivity index (χ1) is 23.2. The summed E-state index contributed by atoms with van der Waals surface area (Å²) in [5, 5.41) is 19.2. The van der Waals surface area contributed by atoms with Gasteiger partial charge in [-0.1, -0.05) is 13.8 Å². The van der Waals surface area contributed by atoms with Crippen molar-refractivity contribution >= 4 is 17.9 Å². The maximum absolute atomic E-state index is 13.3. The molecule has 2 N–H and O–H groups in total. The Bertz CT molecular complexity index is 1260. The van der Waals surface area contributed by atoms with E-state index < -0.39 is 89.9 Å². The first-order valence-corrected chi connectivity index (χ1v) is 16.6. The van der Waals surface area contributed by atoms with Crippen molar-refractivity contribution in [2.75, 3.05) is 0 Å². The van der Waals surface area contributed by atoms with Gasteiger partial charge in [0.05, 0.1) is 16.7 Å². The van der Waals surface area contributed by atoms with E-state index in [2.05, 4.69) is 0 Å². The van der Waals surface area contributed by atoms with Crippen molar-refractivity contribution in [2.24, 2.45) is 40.4 Å². The molecule has 0 aromatic carbocycles. The summed E-state index contributed by atoms with van der Waals surface area (Å²) >= 11 is 0. The highest BCUT2D eigenvalue weighted by Gasteiger charge is 2.78. The van der Waals surface area contributed by atoms with Gasteiger partial charge in [-0.05, 0) is 72.6 Å². The van der Waals surface area contributed by atoms with Crippen LogP contribution in [-0.4, -0.2) is 82.3 Å². The Morgan fingerprint density at radius 2 is 1.04 bits per heavy atom. The number of hydrogen-bond donors (Lipinski definition) is 2. The maximum atomic E-state index is 13.3. The van der Waals surface area contributed by atoms with E-state index in [-0.39, 0.29) is 36.5 Å². The molecule has 3 aliphatic carbocycles. The van der Waals surface area contributed by atoms with Gasteiger partial charge in [0.1, 0.15) is 18.3 Å². The summed E-state index contributed by atoms with van der Waals surface area (Å²) in [6, 6.07) is 0. The van der Waals surface area contributed by atoms with E-state index in [1.54, 1.807) is 0 Å². The molecule has 0 amide bonds. The molecule has 7 unspecified atom stereocenters. The van der Waals surface area contributed by atoms with Crippen molar-refractivity contribution < 1.29 is 91.5 Å². The van der Waals surface area contributed by atoms with Crippen LogP contribution in [0.3, 0.4) is 0 Å². The summed E-state index contributed by atoms with van der Waals surface area (Å²) in [5.41, 5.74) is -13.4. The molecular weight excluding hydrogens is 740 g/mol. The summed E-state index contributed by atoms with van der Waals surface area (Å²) in [4.78, 5) is 36.0. The number of ether oxygens (including phenoxy) is 3. The van der Waals surface area contributed by atoms with Crippen molar-refractivity contribution in [2.45, 2.75) is 141 Å². The molecule has 20 heteroatoms. The largest absolute Gasteiger partial charge is 0.462 e. The standard InChI is InChI=1S/C18H22F12O4.C14H20O4/c1-4-12(2,3)11(31)34-10-6-8(13(32,15(19,20)21)16(22,23)24)5-9(7-10)14(33,17(25,26)27)18(28,29)30;1-4-14(2,3)13(16)18-10-7-5-8-9(6-7)12(15)17-11(8)10/h8-10,32-33H,4-7H2,1-3H3;7-11H,4-6H2,1-3H3. The van der Waals surface area contributed by atoms with Gasteiger partial charge in [-0.3, -0.25) is 14.4 Å². The molecule has 0 aromatic heterocycles. The first kappa shape index (κ1) is 43.9. The molecule has 1 saturated heterocycles. The lowest BCUT2D eigenvalue weighted by molar-refractivity contribution is -0.405. The second kappa shape index (κ2) is 14.0. The summed E-state index contributed by atoms with van der Waals surface area (Å²) in [5.74, 6) is -7.60. The Labute approximate surface area is 290 Å². The lowest BCUT2D eigenvalue weighted by Gasteiger charge is -2.48. The Balaban J connectivity index is 0.000000334. The predicted molar refractivity (Wildman–Crippen MR) is 152 cm³/mol. The lowest BCUT2D eigenvalue weighted by Crippen LogP contribution is -2.67. The second-order valence-electron chi connectivity index (χ2n) is 15.4. The monoisotopic (exact) mass is 782 g/mol. The third-order valence-corrected chi connectivity index (χ3v) is 11.4. The lowest BCUT2D eigenvalue weighted by atomic mass is 9.65. The van der Waals surface area contributed by atoms with Crippen LogP contribution in [0.2, 0.25) is 0 Å². The number of rotatable bonds is 8. The molecule has 3 saturated carbocycles. The molecule has 52 heavy (non-hydrogen) atoms. The van der Waals surface area contributed by atoms with Crippen LogP contribution in [0.15, 0.2) is 0 Å². The van der Waals surface area contributed by atoms with Gasteiger partial charge in [-0.15, -0.1) is 0 Å². The SMILES string of the molecule is CCC(C)(C)C(=O)OC1C2CC3C(=O)OC1C3C2.CCC(C)(C)C(=O)OC1CC(C(O)(C(F)(F)F)C(F)(F)F)CC(C(O)(C(F)(F)F)C(F)(F)F)C1. The van der Waals surface area contributed by atoms with Crippen LogP contribution in [0.4, 0.5) is 52.7 Å². The molecule has 1 heterocycles. The molecule has 4 aliphatic rings. The zero-order chi connectivity index (χ0) is 40.4. The van der Waals surface area contributed by atoms with E-state index in [0.29, 0.717) is 11.8 Å².